The lowest BCUT2D eigenvalue weighted by Gasteiger charge is -2.16. The fourth-order valence-electron chi connectivity index (χ4n) is 2.60. The summed E-state index contributed by atoms with van der Waals surface area (Å²) in [5.74, 6) is 0.926. The Morgan fingerprint density at radius 1 is 1.21 bits per heavy atom. The van der Waals surface area contributed by atoms with E-state index in [0.29, 0.717) is 6.04 Å². The average Bonchev–Trinajstić information content (AvgIpc) is 3.03. The SMILES string of the molecule is Brc1ccc(Nc2nccn2C2CCCC2)c(Br)c1. The van der Waals surface area contributed by atoms with Gasteiger partial charge in [-0.1, -0.05) is 28.8 Å². The maximum absolute atomic E-state index is 4.44. The molecule has 1 N–H and O–H groups in total. The zero-order valence-corrected chi connectivity index (χ0v) is 13.6. The van der Waals surface area contributed by atoms with Crippen molar-refractivity contribution in [2.24, 2.45) is 0 Å². The van der Waals surface area contributed by atoms with E-state index in [1.165, 1.54) is 25.7 Å². The molecular formula is C14H15Br2N3. The third-order valence-electron chi connectivity index (χ3n) is 3.56. The van der Waals surface area contributed by atoms with Crippen LogP contribution in [0, 0.1) is 0 Å². The first kappa shape index (κ1) is 13.2. The van der Waals surface area contributed by atoms with Gasteiger partial charge in [-0.05, 0) is 47.0 Å². The molecule has 0 saturated heterocycles. The van der Waals surface area contributed by atoms with E-state index in [0.717, 1.165) is 20.6 Å². The number of anilines is 2. The van der Waals surface area contributed by atoms with Crippen LogP contribution in [0.5, 0.6) is 0 Å². The zero-order valence-electron chi connectivity index (χ0n) is 10.4. The summed E-state index contributed by atoms with van der Waals surface area (Å²) in [5, 5.41) is 3.41. The lowest BCUT2D eigenvalue weighted by atomic mass is 10.2. The molecule has 5 heteroatoms. The quantitative estimate of drug-likeness (QED) is 0.781. The smallest absolute Gasteiger partial charge is 0.207 e. The van der Waals surface area contributed by atoms with Crippen LogP contribution in [0.4, 0.5) is 11.6 Å². The number of aromatic nitrogens is 2. The van der Waals surface area contributed by atoms with Gasteiger partial charge in [0, 0.05) is 27.4 Å². The number of hydrogen-bond donors (Lipinski definition) is 1. The molecule has 1 aliphatic carbocycles. The molecule has 100 valence electrons. The molecule has 0 spiro atoms. The minimum absolute atomic E-state index is 0.597. The highest BCUT2D eigenvalue weighted by molar-refractivity contribution is 9.11. The number of halogens is 2. The topological polar surface area (TPSA) is 29.9 Å². The van der Waals surface area contributed by atoms with Crippen LogP contribution in [-0.4, -0.2) is 9.55 Å². The molecule has 0 bridgehead atoms. The third-order valence-corrected chi connectivity index (χ3v) is 4.71. The molecule has 1 heterocycles. The Morgan fingerprint density at radius 2 is 2.00 bits per heavy atom. The Hall–Kier alpha value is -0.810. The van der Waals surface area contributed by atoms with Gasteiger partial charge >= 0.3 is 0 Å². The first-order chi connectivity index (χ1) is 9.24. The number of nitrogens with zero attached hydrogens (tertiary/aromatic N) is 2. The lowest BCUT2D eigenvalue weighted by Crippen LogP contribution is -2.08. The standard InChI is InChI=1S/C14H15Br2N3/c15-10-5-6-13(12(16)9-10)18-14-17-7-8-19(14)11-3-1-2-4-11/h5-9,11H,1-4H2,(H,17,18). The number of nitrogens with one attached hydrogen (secondary N) is 1. The van der Waals surface area contributed by atoms with E-state index >= 15 is 0 Å². The predicted molar refractivity (Wildman–Crippen MR) is 84.9 cm³/mol. The van der Waals surface area contributed by atoms with Crippen molar-refractivity contribution < 1.29 is 0 Å². The number of rotatable bonds is 3. The van der Waals surface area contributed by atoms with Gasteiger partial charge in [0.2, 0.25) is 5.95 Å². The van der Waals surface area contributed by atoms with Crippen LogP contribution in [0.1, 0.15) is 31.7 Å². The zero-order chi connectivity index (χ0) is 13.2. The van der Waals surface area contributed by atoms with Gasteiger partial charge in [0.05, 0.1) is 5.69 Å². The first-order valence-corrected chi connectivity index (χ1v) is 8.07. The summed E-state index contributed by atoms with van der Waals surface area (Å²) in [6, 6.07) is 6.70. The highest BCUT2D eigenvalue weighted by Crippen LogP contribution is 2.33. The summed E-state index contributed by atoms with van der Waals surface area (Å²) in [5.41, 5.74) is 1.04. The molecule has 2 aromatic rings. The molecule has 1 aromatic carbocycles. The fourth-order valence-corrected chi connectivity index (χ4v) is 3.74. The minimum atomic E-state index is 0.597. The van der Waals surface area contributed by atoms with Crippen molar-refractivity contribution in [3.8, 4) is 0 Å². The van der Waals surface area contributed by atoms with E-state index in [-0.39, 0.29) is 0 Å². The van der Waals surface area contributed by atoms with E-state index in [9.17, 15) is 0 Å². The Labute approximate surface area is 129 Å². The Kier molecular flexibility index (Phi) is 3.93. The van der Waals surface area contributed by atoms with Crippen LogP contribution in [0.3, 0.4) is 0 Å². The van der Waals surface area contributed by atoms with Crippen LogP contribution in [0.25, 0.3) is 0 Å². The summed E-state index contributed by atoms with van der Waals surface area (Å²) in [6.07, 6.45) is 9.10. The van der Waals surface area contributed by atoms with Gasteiger partial charge in [-0.15, -0.1) is 0 Å². The van der Waals surface area contributed by atoms with E-state index in [1.54, 1.807) is 0 Å². The molecule has 0 unspecified atom stereocenters. The van der Waals surface area contributed by atoms with E-state index < -0.39 is 0 Å². The fraction of sp³-hybridized carbons (Fsp3) is 0.357. The van der Waals surface area contributed by atoms with Gasteiger partial charge in [-0.3, -0.25) is 0 Å². The predicted octanol–water partition coefficient (Wildman–Crippen LogP) is 5.27. The second-order valence-electron chi connectivity index (χ2n) is 4.85. The van der Waals surface area contributed by atoms with E-state index in [4.69, 9.17) is 0 Å². The number of hydrogen-bond acceptors (Lipinski definition) is 2. The highest BCUT2D eigenvalue weighted by Gasteiger charge is 2.19. The number of benzene rings is 1. The average molecular weight is 385 g/mol. The Bertz CT molecular complexity index is 574. The summed E-state index contributed by atoms with van der Waals surface area (Å²) < 4.78 is 4.36. The lowest BCUT2D eigenvalue weighted by molar-refractivity contribution is 0.525. The van der Waals surface area contributed by atoms with Crippen molar-refractivity contribution in [1.29, 1.82) is 0 Å². The molecule has 0 atom stereocenters. The molecule has 1 fully saturated rings. The van der Waals surface area contributed by atoms with Crippen LogP contribution >= 0.6 is 31.9 Å². The molecule has 19 heavy (non-hydrogen) atoms. The van der Waals surface area contributed by atoms with Crippen molar-refractivity contribution in [1.82, 2.24) is 9.55 Å². The van der Waals surface area contributed by atoms with Gasteiger partial charge in [-0.2, -0.15) is 0 Å². The maximum atomic E-state index is 4.44. The largest absolute Gasteiger partial charge is 0.325 e. The minimum Gasteiger partial charge on any atom is -0.325 e. The normalized spacial score (nSPS) is 15.9. The van der Waals surface area contributed by atoms with Crippen molar-refractivity contribution in [2.45, 2.75) is 31.7 Å². The van der Waals surface area contributed by atoms with E-state index in [2.05, 4.69) is 52.9 Å². The molecule has 1 aromatic heterocycles. The summed E-state index contributed by atoms with van der Waals surface area (Å²) in [7, 11) is 0. The summed E-state index contributed by atoms with van der Waals surface area (Å²) in [4.78, 5) is 4.44. The molecule has 3 nitrogen and oxygen atoms in total. The molecular weight excluding hydrogens is 370 g/mol. The third kappa shape index (κ3) is 2.87. The first-order valence-electron chi connectivity index (χ1n) is 6.49. The van der Waals surface area contributed by atoms with Crippen LogP contribution < -0.4 is 5.32 Å². The van der Waals surface area contributed by atoms with Crippen LogP contribution in [0.15, 0.2) is 39.5 Å². The molecule has 0 radical (unpaired) electrons. The van der Waals surface area contributed by atoms with Crippen molar-refractivity contribution in [3.63, 3.8) is 0 Å². The Morgan fingerprint density at radius 3 is 2.74 bits per heavy atom. The van der Waals surface area contributed by atoms with Crippen molar-refractivity contribution in [2.75, 3.05) is 5.32 Å². The van der Waals surface area contributed by atoms with Gasteiger partial charge in [0.15, 0.2) is 0 Å². The monoisotopic (exact) mass is 383 g/mol. The van der Waals surface area contributed by atoms with Crippen molar-refractivity contribution in [3.05, 3.63) is 39.5 Å². The van der Waals surface area contributed by atoms with Gasteiger partial charge in [0.25, 0.3) is 0 Å². The van der Waals surface area contributed by atoms with Crippen LogP contribution in [-0.2, 0) is 0 Å². The maximum Gasteiger partial charge on any atom is 0.207 e. The van der Waals surface area contributed by atoms with Gasteiger partial charge in [0.1, 0.15) is 0 Å². The summed E-state index contributed by atoms with van der Waals surface area (Å²) in [6.45, 7) is 0. The second kappa shape index (κ2) is 5.67. The number of imidazole rings is 1. The van der Waals surface area contributed by atoms with Crippen LogP contribution in [0.2, 0.25) is 0 Å². The molecule has 1 saturated carbocycles. The Balaban J connectivity index is 1.85. The summed E-state index contributed by atoms with van der Waals surface area (Å²) >= 11 is 7.04. The van der Waals surface area contributed by atoms with Gasteiger partial charge in [-0.25, -0.2) is 4.98 Å². The second-order valence-corrected chi connectivity index (χ2v) is 6.62. The molecule has 0 amide bonds. The van der Waals surface area contributed by atoms with Crippen molar-refractivity contribution >= 4 is 43.5 Å². The molecule has 3 rings (SSSR count). The van der Waals surface area contributed by atoms with Gasteiger partial charge < -0.3 is 9.88 Å². The van der Waals surface area contributed by atoms with E-state index in [1.807, 2.05) is 24.4 Å². The molecule has 0 aliphatic heterocycles. The highest BCUT2D eigenvalue weighted by atomic mass is 79.9. The molecule has 1 aliphatic rings.